The van der Waals surface area contributed by atoms with Crippen LogP contribution in [0.4, 0.5) is 0 Å². The molecule has 3 unspecified atom stereocenters. The molecule has 5 nitrogen and oxygen atoms in total. The highest BCUT2D eigenvalue weighted by Crippen LogP contribution is 2.32. The standard InChI is InChI=1S/C12H20N2O3/c1-8(16-2)7-11-13-12(17-14-11)9-5-3-4-6-10(9)15/h8-10,15H,3-7H2,1-2H3. The van der Waals surface area contributed by atoms with Gasteiger partial charge in [0.1, 0.15) is 0 Å². The van der Waals surface area contributed by atoms with Gasteiger partial charge >= 0.3 is 0 Å². The molecule has 2 rings (SSSR count). The first-order valence-electron chi connectivity index (χ1n) is 6.24. The Hall–Kier alpha value is -0.940. The minimum atomic E-state index is -0.336. The van der Waals surface area contributed by atoms with Gasteiger partial charge in [-0.05, 0) is 19.8 Å². The van der Waals surface area contributed by atoms with Gasteiger partial charge in [-0.3, -0.25) is 0 Å². The molecular weight excluding hydrogens is 220 g/mol. The summed E-state index contributed by atoms with van der Waals surface area (Å²) in [5, 5.41) is 13.8. The van der Waals surface area contributed by atoms with Crippen molar-refractivity contribution in [3.05, 3.63) is 11.7 Å². The summed E-state index contributed by atoms with van der Waals surface area (Å²) >= 11 is 0. The van der Waals surface area contributed by atoms with Crippen LogP contribution in [-0.2, 0) is 11.2 Å². The molecule has 1 aliphatic carbocycles. The van der Waals surface area contributed by atoms with Gasteiger partial charge in [-0.25, -0.2) is 0 Å². The van der Waals surface area contributed by atoms with Gasteiger partial charge in [-0.1, -0.05) is 18.0 Å². The van der Waals surface area contributed by atoms with Gasteiger partial charge in [-0.15, -0.1) is 0 Å². The van der Waals surface area contributed by atoms with Gasteiger partial charge in [0.25, 0.3) is 0 Å². The third-order valence-electron chi connectivity index (χ3n) is 3.40. The van der Waals surface area contributed by atoms with Crippen LogP contribution in [-0.4, -0.2) is 34.6 Å². The number of rotatable bonds is 4. The van der Waals surface area contributed by atoms with Gasteiger partial charge in [0.15, 0.2) is 5.82 Å². The molecule has 1 N–H and O–H groups in total. The molecule has 1 saturated carbocycles. The highest BCUT2D eigenvalue weighted by Gasteiger charge is 2.29. The average Bonchev–Trinajstić information content (AvgIpc) is 2.78. The largest absolute Gasteiger partial charge is 0.392 e. The van der Waals surface area contributed by atoms with Crippen molar-refractivity contribution in [1.82, 2.24) is 10.1 Å². The maximum atomic E-state index is 9.91. The molecule has 1 aliphatic rings. The maximum Gasteiger partial charge on any atom is 0.232 e. The first kappa shape index (κ1) is 12.5. The maximum absolute atomic E-state index is 9.91. The van der Waals surface area contributed by atoms with Crippen LogP contribution in [0.2, 0.25) is 0 Å². The van der Waals surface area contributed by atoms with Crippen LogP contribution in [0.5, 0.6) is 0 Å². The monoisotopic (exact) mass is 240 g/mol. The highest BCUT2D eigenvalue weighted by atomic mass is 16.5. The van der Waals surface area contributed by atoms with E-state index in [-0.39, 0.29) is 18.1 Å². The fourth-order valence-electron chi connectivity index (χ4n) is 2.24. The Bertz CT molecular complexity index is 353. The van der Waals surface area contributed by atoms with Crippen LogP contribution in [0.25, 0.3) is 0 Å². The highest BCUT2D eigenvalue weighted by molar-refractivity contribution is 4.99. The molecule has 1 aromatic rings. The van der Waals surface area contributed by atoms with Crippen LogP contribution in [0.1, 0.15) is 50.2 Å². The summed E-state index contributed by atoms with van der Waals surface area (Å²) < 4.78 is 10.4. The van der Waals surface area contributed by atoms with E-state index in [1.807, 2.05) is 6.92 Å². The van der Waals surface area contributed by atoms with Crippen LogP contribution in [0.3, 0.4) is 0 Å². The SMILES string of the molecule is COC(C)Cc1noc(C2CCCCC2O)n1. The molecule has 1 heterocycles. The summed E-state index contributed by atoms with van der Waals surface area (Å²) in [5.74, 6) is 1.26. The van der Waals surface area contributed by atoms with E-state index in [9.17, 15) is 5.11 Å². The Balaban J connectivity index is 2.01. The Morgan fingerprint density at radius 1 is 1.47 bits per heavy atom. The predicted octanol–water partition coefficient (Wildman–Crippen LogP) is 1.67. The van der Waals surface area contributed by atoms with Crippen molar-refractivity contribution in [2.24, 2.45) is 0 Å². The van der Waals surface area contributed by atoms with Gasteiger partial charge in [-0.2, -0.15) is 4.98 Å². The van der Waals surface area contributed by atoms with Crippen LogP contribution in [0.15, 0.2) is 4.52 Å². The minimum absolute atomic E-state index is 0.0165. The molecular formula is C12H20N2O3. The molecule has 5 heteroatoms. The number of ether oxygens (including phenoxy) is 1. The number of methoxy groups -OCH3 is 1. The fourth-order valence-corrected chi connectivity index (χ4v) is 2.24. The molecule has 0 saturated heterocycles. The molecule has 0 aliphatic heterocycles. The van der Waals surface area contributed by atoms with Crippen LogP contribution >= 0.6 is 0 Å². The van der Waals surface area contributed by atoms with E-state index in [4.69, 9.17) is 9.26 Å². The lowest BCUT2D eigenvalue weighted by molar-refractivity contribution is 0.0907. The molecule has 17 heavy (non-hydrogen) atoms. The van der Waals surface area contributed by atoms with Crippen LogP contribution in [0, 0.1) is 0 Å². The molecule has 0 spiro atoms. The van der Waals surface area contributed by atoms with E-state index < -0.39 is 0 Å². The van der Waals surface area contributed by atoms with Gasteiger partial charge < -0.3 is 14.4 Å². The van der Waals surface area contributed by atoms with Gasteiger partial charge in [0.2, 0.25) is 5.89 Å². The molecule has 0 radical (unpaired) electrons. The van der Waals surface area contributed by atoms with Crippen molar-refractivity contribution < 1.29 is 14.4 Å². The number of hydrogen-bond donors (Lipinski definition) is 1. The summed E-state index contributed by atoms with van der Waals surface area (Å²) in [6.45, 7) is 1.96. The minimum Gasteiger partial charge on any atom is -0.392 e. The lowest BCUT2D eigenvalue weighted by atomic mass is 9.86. The van der Waals surface area contributed by atoms with Crippen molar-refractivity contribution in [1.29, 1.82) is 0 Å². The average molecular weight is 240 g/mol. The number of aromatic nitrogens is 2. The smallest absolute Gasteiger partial charge is 0.232 e. The van der Waals surface area contributed by atoms with Gasteiger partial charge in [0.05, 0.1) is 18.1 Å². The van der Waals surface area contributed by atoms with Crippen molar-refractivity contribution >= 4 is 0 Å². The topological polar surface area (TPSA) is 68.4 Å². The van der Waals surface area contributed by atoms with Crippen molar-refractivity contribution in [3.8, 4) is 0 Å². The van der Waals surface area contributed by atoms with Crippen molar-refractivity contribution in [3.63, 3.8) is 0 Å². The summed E-state index contributed by atoms with van der Waals surface area (Å²) in [6, 6.07) is 0. The Kier molecular flexibility index (Phi) is 4.12. The zero-order chi connectivity index (χ0) is 12.3. The molecule has 3 atom stereocenters. The predicted molar refractivity (Wildman–Crippen MR) is 61.7 cm³/mol. The second-order valence-electron chi connectivity index (χ2n) is 4.76. The molecule has 1 aromatic heterocycles. The fraction of sp³-hybridized carbons (Fsp3) is 0.833. The lowest BCUT2D eigenvalue weighted by Gasteiger charge is -2.24. The van der Waals surface area contributed by atoms with Gasteiger partial charge in [0, 0.05) is 13.5 Å². The number of aliphatic hydroxyl groups is 1. The van der Waals surface area contributed by atoms with E-state index in [2.05, 4.69) is 10.1 Å². The van der Waals surface area contributed by atoms with Crippen molar-refractivity contribution in [2.75, 3.05) is 7.11 Å². The molecule has 0 bridgehead atoms. The van der Waals surface area contributed by atoms with E-state index in [1.165, 1.54) is 0 Å². The third kappa shape index (κ3) is 3.04. The number of aliphatic hydroxyl groups excluding tert-OH is 1. The van der Waals surface area contributed by atoms with E-state index in [0.29, 0.717) is 18.1 Å². The van der Waals surface area contributed by atoms with E-state index in [1.54, 1.807) is 7.11 Å². The summed E-state index contributed by atoms with van der Waals surface area (Å²) in [4.78, 5) is 4.35. The van der Waals surface area contributed by atoms with E-state index >= 15 is 0 Å². The Labute approximate surface area is 101 Å². The number of hydrogen-bond acceptors (Lipinski definition) is 5. The first-order valence-corrected chi connectivity index (χ1v) is 6.24. The lowest BCUT2D eigenvalue weighted by Crippen LogP contribution is -2.22. The normalized spacial score (nSPS) is 27.0. The zero-order valence-electron chi connectivity index (χ0n) is 10.4. The molecule has 96 valence electrons. The van der Waals surface area contributed by atoms with Crippen molar-refractivity contribution in [2.45, 2.75) is 57.2 Å². The molecule has 1 fully saturated rings. The molecule has 0 aromatic carbocycles. The Morgan fingerprint density at radius 2 is 2.24 bits per heavy atom. The quantitative estimate of drug-likeness (QED) is 0.867. The zero-order valence-corrected chi connectivity index (χ0v) is 10.4. The van der Waals surface area contributed by atoms with Crippen LogP contribution < -0.4 is 0 Å². The second kappa shape index (κ2) is 5.60. The summed E-state index contributed by atoms with van der Waals surface area (Å²) in [7, 11) is 1.66. The third-order valence-corrected chi connectivity index (χ3v) is 3.40. The number of nitrogens with zero attached hydrogens (tertiary/aromatic N) is 2. The summed E-state index contributed by atoms with van der Waals surface area (Å²) in [5.41, 5.74) is 0. The second-order valence-corrected chi connectivity index (χ2v) is 4.76. The first-order chi connectivity index (χ1) is 8.20. The van der Waals surface area contributed by atoms with E-state index in [0.717, 1.165) is 25.7 Å². The Morgan fingerprint density at radius 3 is 2.94 bits per heavy atom. The molecule has 0 amide bonds. The summed E-state index contributed by atoms with van der Waals surface area (Å²) in [6.07, 6.45) is 4.35.